The molecule has 1 aromatic carbocycles. The lowest BCUT2D eigenvalue weighted by atomic mass is 10.1. The number of hydrogen-bond donors (Lipinski definition) is 2. The fourth-order valence-electron chi connectivity index (χ4n) is 4.51. The molecule has 3 heterocycles. The summed E-state index contributed by atoms with van der Waals surface area (Å²) in [5.74, 6) is 2.76. The Morgan fingerprint density at radius 3 is 2.69 bits per heavy atom. The van der Waals surface area contributed by atoms with Crippen molar-refractivity contribution in [1.29, 1.82) is 0 Å². The third-order valence-electron chi connectivity index (χ3n) is 6.40. The maximum atomic E-state index is 15.1. The van der Waals surface area contributed by atoms with Crippen LogP contribution < -0.4 is 11.1 Å². The summed E-state index contributed by atoms with van der Waals surface area (Å²) in [6.45, 7) is 4.36. The van der Waals surface area contributed by atoms with Crippen LogP contribution in [0.4, 0.5) is 14.6 Å². The highest BCUT2D eigenvalue weighted by Crippen LogP contribution is 2.38. The Labute approximate surface area is 199 Å². The van der Waals surface area contributed by atoms with Crippen LogP contribution in [0.15, 0.2) is 25.0 Å². The van der Waals surface area contributed by atoms with E-state index in [1.165, 1.54) is 18.5 Å². The molecule has 1 saturated heterocycles. The van der Waals surface area contributed by atoms with Crippen LogP contribution in [0, 0.1) is 23.5 Å². The Balaban J connectivity index is 1.55. The number of benzene rings is 1. The van der Waals surface area contributed by atoms with Crippen LogP contribution in [0.2, 0.25) is 0 Å². The number of amides is 2. The molecule has 1 atom stereocenters. The van der Waals surface area contributed by atoms with Gasteiger partial charge in [-0.05, 0) is 31.3 Å². The summed E-state index contributed by atoms with van der Waals surface area (Å²) in [6.07, 6.45) is 5.23. The number of halogens is 2. The van der Waals surface area contributed by atoms with Gasteiger partial charge >= 0.3 is 0 Å². The summed E-state index contributed by atoms with van der Waals surface area (Å²) in [7, 11) is 1.60. The topological polar surface area (TPSA) is 111 Å². The molecule has 1 aliphatic heterocycles. The number of rotatable bonds is 5. The Hall–Kier alpha value is -4.20. The van der Waals surface area contributed by atoms with Gasteiger partial charge in [0.2, 0.25) is 5.91 Å². The van der Waals surface area contributed by atoms with E-state index in [9.17, 15) is 14.0 Å². The first-order chi connectivity index (χ1) is 16.8. The van der Waals surface area contributed by atoms with E-state index in [1.807, 2.05) is 0 Å². The number of aromatic nitrogens is 4. The van der Waals surface area contributed by atoms with E-state index in [4.69, 9.17) is 5.73 Å². The number of hydrogen-bond acceptors (Lipinski definition) is 5. The first kappa shape index (κ1) is 22.6. The average molecular weight is 479 g/mol. The predicted molar refractivity (Wildman–Crippen MR) is 125 cm³/mol. The second-order valence-electron chi connectivity index (χ2n) is 8.61. The van der Waals surface area contributed by atoms with Crippen LogP contribution in [-0.2, 0) is 4.79 Å². The van der Waals surface area contributed by atoms with Gasteiger partial charge < -0.3 is 20.5 Å². The van der Waals surface area contributed by atoms with Crippen molar-refractivity contribution in [2.45, 2.75) is 31.3 Å². The van der Waals surface area contributed by atoms with E-state index in [0.29, 0.717) is 30.8 Å². The van der Waals surface area contributed by atoms with Crippen LogP contribution in [0.1, 0.15) is 53.0 Å². The van der Waals surface area contributed by atoms with Crippen LogP contribution >= 0.6 is 0 Å². The minimum atomic E-state index is -0.866. The minimum Gasteiger partial charge on any atom is -0.373 e. The van der Waals surface area contributed by atoms with Crippen molar-refractivity contribution in [3.8, 4) is 11.8 Å². The van der Waals surface area contributed by atoms with E-state index in [-0.39, 0.29) is 34.8 Å². The molecule has 35 heavy (non-hydrogen) atoms. The lowest BCUT2D eigenvalue weighted by Crippen LogP contribution is -2.27. The van der Waals surface area contributed by atoms with Crippen molar-refractivity contribution in [2.24, 2.45) is 5.73 Å². The molecule has 2 aliphatic rings. The molecule has 2 amide bonds. The van der Waals surface area contributed by atoms with E-state index in [2.05, 4.69) is 33.8 Å². The van der Waals surface area contributed by atoms with Gasteiger partial charge in [0.25, 0.3) is 5.91 Å². The molecule has 3 N–H and O–H groups in total. The Morgan fingerprint density at radius 1 is 1.26 bits per heavy atom. The van der Waals surface area contributed by atoms with Gasteiger partial charge in [0.05, 0.1) is 23.4 Å². The highest BCUT2D eigenvalue weighted by molar-refractivity contribution is 6.00. The molecule has 1 aliphatic carbocycles. The fourth-order valence-corrected chi connectivity index (χ4v) is 4.51. The Morgan fingerprint density at radius 2 is 2.03 bits per heavy atom. The molecule has 0 unspecified atom stereocenters. The van der Waals surface area contributed by atoms with Crippen LogP contribution in [0.5, 0.6) is 0 Å². The standard InChI is InChI=1S/C24H23F2N7O2/c1-3-19(34)31-9-8-14(11-31)33-24(28-2)20(23(27)35)17(30-33)7-6-15-16(25)10-18-22(21(15)26)29-12-32(18)13-4-5-13/h3,10,12-14,28H,1,4-5,8-9,11H2,2H3,(H2,27,35)/t14-/m0/s1. The molecule has 9 nitrogen and oxygen atoms in total. The largest absolute Gasteiger partial charge is 0.373 e. The molecular weight excluding hydrogens is 456 g/mol. The summed E-state index contributed by atoms with van der Waals surface area (Å²) >= 11 is 0. The fraction of sp³-hybridized carbons (Fsp3) is 0.333. The summed E-state index contributed by atoms with van der Waals surface area (Å²) in [4.78, 5) is 30.0. The quantitative estimate of drug-likeness (QED) is 0.431. The highest BCUT2D eigenvalue weighted by atomic mass is 19.1. The molecule has 1 saturated carbocycles. The molecule has 0 spiro atoms. The van der Waals surface area contributed by atoms with Crippen molar-refractivity contribution >= 4 is 28.7 Å². The maximum Gasteiger partial charge on any atom is 0.255 e. The lowest BCUT2D eigenvalue weighted by Gasteiger charge is -2.16. The van der Waals surface area contributed by atoms with Crippen LogP contribution in [0.3, 0.4) is 0 Å². The molecule has 3 aromatic rings. The van der Waals surface area contributed by atoms with E-state index >= 15 is 4.39 Å². The summed E-state index contributed by atoms with van der Waals surface area (Å²) in [5.41, 5.74) is 5.55. The van der Waals surface area contributed by atoms with Gasteiger partial charge in [-0.25, -0.2) is 18.4 Å². The van der Waals surface area contributed by atoms with Gasteiger partial charge in [-0.2, -0.15) is 5.10 Å². The van der Waals surface area contributed by atoms with Crippen LogP contribution in [0.25, 0.3) is 11.0 Å². The number of primary amides is 1. The van der Waals surface area contributed by atoms with Crippen molar-refractivity contribution in [2.75, 3.05) is 25.5 Å². The predicted octanol–water partition coefficient (Wildman–Crippen LogP) is 2.35. The Bertz CT molecular complexity index is 1440. The van der Waals surface area contributed by atoms with Crippen LogP contribution in [-0.4, -0.2) is 56.2 Å². The number of nitrogens with one attached hydrogen (secondary N) is 1. The lowest BCUT2D eigenvalue weighted by molar-refractivity contribution is -0.125. The minimum absolute atomic E-state index is 0.00778. The monoisotopic (exact) mass is 479 g/mol. The third-order valence-corrected chi connectivity index (χ3v) is 6.40. The molecule has 11 heteroatoms. The van der Waals surface area contributed by atoms with Crippen molar-refractivity contribution in [3.05, 3.63) is 53.5 Å². The highest BCUT2D eigenvalue weighted by Gasteiger charge is 2.31. The summed E-state index contributed by atoms with van der Waals surface area (Å²) in [6, 6.07) is 1.20. The van der Waals surface area contributed by atoms with Gasteiger partial charge in [0, 0.05) is 32.2 Å². The summed E-state index contributed by atoms with van der Waals surface area (Å²) in [5, 5.41) is 7.34. The zero-order chi connectivity index (χ0) is 24.9. The number of nitrogens with zero attached hydrogens (tertiary/aromatic N) is 5. The second-order valence-corrected chi connectivity index (χ2v) is 8.61. The van der Waals surface area contributed by atoms with Gasteiger partial charge in [0.1, 0.15) is 22.7 Å². The molecular formula is C24H23F2N7O2. The maximum absolute atomic E-state index is 15.1. The molecule has 180 valence electrons. The first-order valence-electron chi connectivity index (χ1n) is 11.2. The first-order valence-corrected chi connectivity index (χ1v) is 11.2. The molecule has 5 rings (SSSR count). The average Bonchev–Trinajstić information content (AvgIpc) is 3.25. The number of nitrogens with two attached hydrogens (primary N) is 1. The molecule has 2 fully saturated rings. The molecule has 0 radical (unpaired) electrons. The van der Waals surface area contributed by atoms with Crippen molar-refractivity contribution < 1.29 is 18.4 Å². The molecule has 2 aromatic heterocycles. The zero-order valence-electron chi connectivity index (χ0n) is 19.0. The van der Waals surface area contributed by atoms with Crippen molar-refractivity contribution in [3.63, 3.8) is 0 Å². The van der Waals surface area contributed by atoms with Gasteiger partial charge in [-0.15, -0.1) is 0 Å². The zero-order valence-corrected chi connectivity index (χ0v) is 19.0. The van der Waals surface area contributed by atoms with Gasteiger partial charge in [-0.3, -0.25) is 9.59 Å². The van der Waals surface area contributed by atoms with Crippen molar-refractivity contribution in [1.82, 2.24) is 24.2 Å². The van der Waals surface area contributed by atoms with Gasteiger partial charge in [0.15, 0.2) is 11.5 Å². The number of carbonyl (C=O) groups is 2. The smallest absolute Gasteiger partial charge is 0.255 e. The van der Waals surface area contributed by atoms with E-state index in [0.717, 1.165) is 12.8 Å². The third kappa shape index (κ3) is 3.80. The van der Waals surface area contributed by atoms with E-state index < -0.39 is 23.1 Å². The number of anilines is 1. The SMILES string of the molecule is C=CC(=O)N1CC[C@H](n2nc(C#Cc3c(F)cc4c(ncn4C4CC4)c3F)c(C(N)=O)c2NC)C1. The normalized spacial score (nSPS) is 17.3. The number of imidazole rings is 1. The molecule has 0 bridgehead atoms. The Kier molecular flexibility index (Phi) is 5.51. The number of carbonyl (C=O) groups excluding carboxylic acids is 2. The summed E-state index contributed by atoms with van der Waals surface area (Å²) < 4.78 is 33.3. The van der Waals surface area contributed by atoms with E-state index in [1.54, 1.807) is 21.2 Å². The number of fused-ring (bicyclic) bond motifs is 1. The van der Waals surface area contributed by atoms with Gasteiger partial charge in [-0.1, -0.05) is 12.5 Å². The number of likely N-dealkylation sites (tertiary alicyclic amines) is 1. The second kappa shape index (κ2) is 8.54.